The third kappa shape index (κ3) is 5.29. The molecule has 6 N–H and O–H groups in total. The van der Waals surface area contributed by atoms with Gasteiger partial charge in [0.05, 0.1) is 0 Å². The molecule has 0 atom stereocenters. The first-order valence-corrected chi connectivity index (χ1v) is 5.13. The molecular formula is C5H12N4O2Si. The highest BCUT2D eigenvalue weighted by Gasteiger charge is 2.09. The summed E-state index contributed by atoms with van der Waals surface area (Å²) in [4.78, 5) is 25.6. The molecule has 0 spiro atoms. The lowest BCUT2D eigenvalue weighted by molar-refractivity contribution is 0.252. The maximum atomic E-state index is 10.4. The van der Waals surface area contributed by atoms with Crippen molar-refractivity contribution in [3.05, 3.63) is 11.8 Å². The van der Waals surface area contributed by atoms with Crippen LogP contribution in [-0.2, 0) is 0 Å². The Balaban J connectivity index is 4.03. The van der Waals surface area contributed by atoms with Gasteiger partial charge in [-0.15, -0.1) is 0 Å². The molecule has 0 rings (SSSR count). The van der Waals surface area contributed by atoms with E-state index >= 15 is 0 Å². The molecule has 68 valence electrons. The highest BCUT2D eigenvalue weighted by Crippen LogP contribution is 1.75. The minimum Gasteiger partial charge on any atom is -0.352 e. The standard InChI is InChI=1S/C5H12N4O2Si/c1-2-3-12(8-4(6)10)9-5(7)11/h2-3,12H,1H3,(H3,6,8,10)(H3,7,9,11). The highest BCUT2D eigenvalue weighted by atomic mass is 28.3. The molecule has 12 heavy (non-hydrogen) atoms. The third-order valence-corrected chi connectivity index (χ3v) is 2.94. The smallest absolute Gasteiger partial charge is 0.305 e. The second-order valence-corrected chi connectivity index (χ2v) is 3.94. The minimum absolute atomic E-state index is 0.668. The molecule has 6 nitrogen and oxygen atoms in total. The second kappa shape index (κ2) is 5.19. The molecule has 0 aromatic carbocycles. The predicted octanol–water partition coefficient (Wildman–Crippen LogP) is -1.34. The van der Waals surface area contributed by atoms with E-state index in [9.17, 15) is 9.59 Å². The monoisotopic (exact) mass is 188 g/mol. The number of rotatable bonds is 3. The molecule has 0 aromatic rings. The van der Waals surface area contributed by atoms with Crippen LogP contribution in [0.25, 0.3) is 0 Å². The second-order valence-electron chi connectivity index (χ2n) is 2.02. The van der Waals surface area contributed by atoms with Gasteiger partial charge in [0.25, 0.3) is 9.12 Å². The summed E-state index contributed by atoms with van der Waals surface area (Å²) in [6, 6.07) is -1.34. The number of allylic oxidation sites excluding steroid dienone is 1. The molecule has 4 amide bonds. The van der Waals surface area contributed by atoms with Crippen molar-refractivity contribution >= 4 is 21.2 Å². The van der Waals surface area contributed by atoms with Crippen molar-refractivity contribution in [3.63, 3.8) is 0 Å². The van der Waals surface area contributed by atoms with Gasteiger partial charge in [-0.3, -0.25) is 0 Å². The van der Waals surface area contributed by atoms with Crippen LogP contribution in [-0.4, -0.2) is 21.2 Å². The van der Waals surface area contributed by atoms with Crippen LogP contribution >= 0.6 is 0 Å². The average Bonchev–Trinajstić information content (AvgIpc) is 1.84. The molecule has 0 heterocycles. The van der Waals surface area contributed by atoms with Gasteiger partial charge >= 0.3 is 12.1 Å². The molecule has 0 saturated carbocycles. The normalized spacial score (nSPS) is 10.2. The Labute approximate surface area is 71.7 Å². The summed E-state index contributed by atoms with van der Waals surface area (Å²) < 4.78 is 0. The van der Waals surface area contributed by atoms with Gasteiger partial charge in [0.1, 0.15) is 0 Å². The van der Waals surface area contributed by atoms with E-state index in [4.69, 9.17) is 11.5 Å². The Morgan fingerprint density at radius 1 is 1.25 bits per heavy atom. The lowest BCUT2D eigenvalue weighted by Crippen LogP contribution is -2.54. The Morgan fingerprint density at radius 2 is 1.67 bits per heavy atom. The van der Waals surface area contributed by atoms with E-state index in [-0.39, 0.29) is 0 Å². The fourth-order valence-corrected chi connectivity index (χ4v) is 1.89. The summed E-state index contributed by atoms with van der Waals surface area (Å²) in [5.74, 6) is 0. The third-order valence-electron chi connectivity index (χ3n) is 0.980. The summed E-state index contributed by atoms with van der Waals surface area (Å²) in [7, 11) is -1.98. The Hall–Kier alpha value is -1.50. The van der Waals surface area contributed by atoms with Crippen molar-refractivity contribution in [2.45, 2.75) is 6.92 Å². The van der Waals surface area contributed by atoms with E-state index in [2.05, 4.69) is 9.96 Å². The van der Waals surface area contributed by atoms with Crippen molar-refractivity contribution in [3.8, 4) is 0 Å². The van der Waals surface area contributed by atoms with Crippen LogP contribution in [0, 0.1) is 0 Å². The van der Waals surface area contributed by atoms with E-state index in [0.29, 0.717) is 0 Å². The first-order valence-electron chi connectivity index (χ1n) is 3.31. The van der Waals surface area contributed by atoms with Crippen LogP contribution < -0.4 is 21.4 Å². The predicted molar refractivity (Wildman–Crippen MR) is 47.4 cm³/mol. The van der Waals surface area contributed by atoms with Gasteiger partial charge < -0.3 is 21.4 Å². The fraction of sp³-hybridized carbons (Fsp3) is 0.200. The molecule has 0 radical (unpaired) electrons. The Bertz CT molecular complexity index is 190. The highest BCUT2D eigenvalue weighted by molar-refractivity contribution is 6.64. The Kier molecular flexibility index (Phi) is 4.54. The molecule has 0 aromatic heterocycles. The molecule has 0 aliphatic heterocycles. The van der Waals surface area contributed by atoms with Crippen LogP contribution in [0.1, 0.15) is 6.92 Å². The molecule has 0 unspecified atom stereocenters. The van der Waals surface area contributed by atoms with Crippen LogP contribution in [0.3, 0.4) is 0 Å². The minimum atomic E-state index is -1.98. The number of hydrogen-bond acceptors (Lipinski definition) is 2. The van der Waals surface area contributed by atoms with E-state index < -0.39 is 21.2 Å². The van der Waals surface area contributed by atoms with Gasteiger partial charge in [-0.25, -0.2) is 9.59 Å². The van der Waals surface area contributed by atoms with E-state index in [1.54, 1.807) is 18.7 Å². The number of carbonyl (C=O) groups excluding carboxylic acids is 2. The van der Waals surface area contributed by atoms with Crippen LogP contribution in [0.2, 0.25) is 0 Å². The first-order chi connectivity index (χ1) is 5.56. The molecule has 0 aliphatic rings. The molecule has 7 heteroatoms. The van der Waals surface area contributed by atoms with Crippen LogP contribution in [0.4, 0.5) is 9.59 Å². The van der Waals surface area contributed by atoms with Gasteiger partial charge in [-0.05, 0) is 6.92 Å². The number of hydrogen-bond donors (Lipinski definition) is 4. The van der Waals surface area contributed by atoms with Crippen LogP contribution in [0.5, 0.6) is 0 Å². The topological polar surface area (TPSA) is 110 Å². The van der Waals surface area contributed by atoms with Crippen molar-refractivity contribution in [1.82, 2.24) is 9.96 Å². The lowest BCUT2D eigenvalue weighted by atomic mass is 10.8. The van der Waals surface area contributed by atoms with Gasteiger partial charge in [0, 0.05) is 0 Å². The van der Waals surface area contributed by atoms with Crippen molar-refractivity contribution in [1.29, 1.82) is 0 Å². The molecule has 0 aliphatic carbocycles. The zero-order chi connectivity index (χ0) is 9.56. The lowest BCUT2D eigenvalue weighted by Gasteiger charge is -2.10. The molecule has 0 saturated heterocycles. The SMILES string of the molecule is CC=C[SiH](NC(N)=O)NC(N)=O. The zero-order valence-corrected chi connectivity index (χ0v) is 7.86. The largest absolute Gasteiger partial charge is 0.352 e. The van der Waals surface area contributed by atoms with Gasteiger partial charge in [0.2, 0.25) is 0 Å². The number of primary amides is 2. The number of carbonyl (C=O) groups is 2. The maximum Gasteiger partial charge on any atom is 0.305 e. The first kappa shape index (κ1) is 10.5. The van der Waals surface area contributed by atoms with Gasteiger partial charge in [-0.1, -0.05) is 11.8 Å². The summed E-state index contributed by atoms with van der Waals surface area (Å²) in [6.07, 6.45) is 1.71. The summed E-state index contributed by atoms with van der Waals surface area (Å²) in [5, 5.41) is 0. The van der Waals surface area contributed by atoms with Crippen molar-refractivity contribution in [2.24, 2.45) is 11.5 Å². The number of amides is 4. The Morgan fingerprint density at radius 3 is 1.92 bits per heavy atom. The maximum absolute atomic E-state index is 10.4. The quantitative estimate of drug-likeness (QED) is 0.411. The van der Waals surface area contributed by atoms with Crippen LogP contribution in [0.15, 0.2) is 11.8 Å². The number of urea groups is 2. The zero-order valence-electron chi connectivity index (χ0n) is 6.70. The average molecular weight is 188 g/mol. The van der Waals surface area contributed by atoms with E-state index in [1.165, 1.54) is 0 Å². The molecule has 0 bridgehead atoms. The molecular weight excluding hydrogens is 176 g/mol. The summed E-state index contributed by atoms with van der Waals surface area (Å²) in [5.41, 5.74) is 11.4. The molecule has 0 fully saturated rings. The summed E-state index contributed by atoms with van der Waals surface area (Å²) >= 11 is 0. The fourth-order valence-electron chi connectivity index (χ4n) is 0.631. The number of nitrogens with one attached hydrogen (secondary N) is 2. The van der Waals surface area contributed by atoms with E-state index in [0.717, 1.165) is 0 Å². The van der Waals surface area contributed by atoms with Crippen molar-refractivity contribution in [2.75, 3.05) is 0 Å². The van der Waals surface area contributed by atoms with Gasteiger partial charge in [-0.2, -0.15) is 0 Å². The van der Waals surface area contributed by atoms with Gasteiger partial charge in [0.15, 0.2) is 0 Å². The number of nitrogens with two attached hydrogens (primary N) is 2. The van der Waals surface area contributed by atoms with E-state index in [1.807, 2.05) is 0 Å². The van der Waals surface area contributed by atoms with Crippen molar-refractivity contribution < 1.29 is 9.59 Å². The summed E-state index contributed by atoms with van der Waals surface area (Å²) in [6.45, 7) is 1.77.